The Labute approximate surface area is 124 Å². The lowest BCUT2D eigenvalue weighted by atomic mass is 9.94. The molecule has 0 radical (unpaired) electrons. The summed E-state index contributed by atoms with van der Waals surface area (Å²) in [7, 11) is 1.76. The first kappa shape index (κ1) is 15.1. The van der Waals surface area contributed by atoms with Gasteiger partial charge in [-0.2, -0.15) is 0 Å². The molecule has 0 fully saturated rings. The van der Waals surface area contributed by atoms with E-state index in [1.165, 1.54) is 0 Å². The highest BCUT2D eigenvalue weighted by Crippen LogP contribution is 2.21. The molecule has 2 N–H and O–H groups in total. The number of nitrogens with zero attached hydrogens (tertiary/aromatic N) is 3. The molecule has 21 heavy (non-hydrogen) atoms. The van der Waals surface area contributed by atoms with Crippen molar-refractivity contribution in [3.05, 3.63) is 60.2 Å². The Hall–Kier alpha value is -2.27. The number of carbonyl (C=O) groups excluding carboxylic acids is 1. The number of hydrogen-bond donors (Lipinski definition) is 1. The molecular formula is C16H20N4O. The standard InChI is InChI=1S/C16H20N4O/c1-12(15(17)13-6-4-3-5-7-13)16(21)20(2)11-14-10-18-8-9-19-14/h3-10,12,15H,11,17H2,1-2H3. The summed E-state index contributed by atoms with van der Waals surface area (Å²) in [5.74, 6) is -0.300. The van der Waals surface area contributed by atoms with E-state index in [4.69, 9.17) is 5.73 Å². The van der Waals surface area contributed by atoms with Crippen LogP contribution in [-0.2, 0) is 11.3 Å². The molecule has 1 amide bonds. The molecule has 2 atom stereocenters. The average Bonchev–Trinajstić information content (AvgIpc) is 2.54. The minimum Gasteiger partial charge on any atom is -0.340 e. The quantitative estimate of drug-likeness (QED) is 0.908. The first-order chi connectivity index (χ1) is 10.1. The predicted octanol–water partition coefficient (Wildman–Crippen LogP) is 1.77. The molecule has 0 spiro atoms. The summed E-state index contributed by atoms with van der Waals surface area (Å²) in [4.78, 5) is 22.3. The van der Waals surface area contributed by atoms with Crippen LogP contribution in [0.4, 0.5) is 0 Å². The normalized spacial score (nSPS) is 13.5. The lowest BCUT2D eigenvalue weighted by Crippen LogP contribution is -2.36. The van der Waals surface area contributed by atoms with E-state index in [2.05, 4.69) is 9.97 Å². The van der Waals surface area contributed by atoms with Crippen molar-refractivity contribution in [2.24, 2.45) is 11.7 Å². The molecule has 5 heteroatoms. The number of amides is 1. The summed E-state index contributed by atoms with van der Waals surface area (Å²) in [5.41, 5.74) is 7.92. The van der Waals surface area contributed by atoms with Crippen molar-refractivity contribution in [2.75, 3.05) is 7.05 Å². The number of nitrogens with two attached hydrogens (primary N) is 1. The van der Waals surface area contributed by atoms with Gasteiger partial charge in [0.05, 0.1) is 24.4 Å². The van der Waals surface area contributed by atoms with Crippen LogP contribution in [0.25, 0.3) is 0 Å². The van der Waals surface area contributed by atoms with Crippen molar-refractivity contribution in [1.29, 1.82) is 0 Å². The number of benzene rings is 1. The monoisotopic (exact) mass is 284 g/mol. The largest absolute Gasteiger partial charge is 0.340 e. The van der Waals surface area contributed by atoms with Crippen LogP contribution in [-0.4, -0.2) is 27.8 Å². The highest BCUT2D eigenvalue weighted by atomic mass is 16.2. The van der Waals surface area contributed by atoms with Gasteiger partial charge < -0.3 is 10.6 Å². The van der Waals surface area contributed by atoms with Crippen LogP contribution in [0, 0.1) is 5.92 Å². The second kappa shape index (κ2) is 6.95. The Balaban J connectivity index is 2.01. The zero-order valence-corrected chi connectivity index (χ0v) is 12.3. The smallest absolute Gasteiger partial charge is 0.227 e. The Morgan fingerprint density at radius 2 is 2.00 bits per heavy atom. The van der Waals surface area contributed by atoms with E-state index in [1.54, 1.807) is 30.5 Å². The third kappa shape index (κ3) is 3.86. The number of aromatic nitrogens is 2. The van der Waals surface area contributed by atoms with Crippen LogP contribution < -0.4 is 5.73 Å². The van der Waals surface area contributed by atoms with E-state index >= 15 is 0 Å². The van der Waals surface area contributed by atoms with Gasteiger partial charge in [-0.3, -0.25) is 14.8 Å². The van der Waals surface area contributed by atoms with Crippen molar-refractivity contribution in [2.45, 2.75) is 19.5 Å². The van der Waals surface area contributed by atoms with E-state index in [9.17, 15) is 4.79 Å². The fourth-order valence-electron chi connectivity index (χ4n) is 2.20. The van der Waals surface area contributed by atoms with Gasteiger partial charge in [-0.1, -0.05) is 37.3 Å². The topological polar surface area (TPSA) is 72.1 Å². The van der Waals surface area contributed by atoms with Gasteiger partial charge >= 0.3 is 0 Å². The number of hydrogen-bond acceptors (Lipinski definition) is 4. The molecule has 0 saturated carbocycles. The molecule has 1 heterocycles. The molecule has 2 aromatic rings. The molecule has 0 aliphatic heterocycles. The summed E-state index contributed by atoms with van der Waals surface area (Å²) >= 11 is 0. The summed E-state index contributed by atoms with van der Waals surface area (Å²) in [6.45, 7) is 2.28. The van der Waals surface area contributed by atoms with Crippen molar-refractivity contribution >= 4 is 5.91 Å². The van der Waals surface area contributed by atoms with E-state index in [0.717, 1.165) is 11.3 Å². The Morgan fingerprint density at radius 3 is 2.62 bits per heavy atom. The van der Waals surface area contributed by atoms with Gasteiger partial charge in [0.1, 0.15) is 0 Å². The molecule has 0 bridgehead atoms. The van der Waals surface area contributed by atoms with Crippen LogP contribution >= 0.6 is 0 Å². The zero-order valence-electron chi connectivity index (χ0n) is 12.3. The number of carbonyl (C=O) groups is 1. The summed E-state index contributed by atoms with van der Waals surface area (Å²) in [6, 6.07) is 9.35. The molecule has 5 nitrogen and oxygen atoms in total. The maximum Gasteiger partial charge on any atom is 0.227 e. The lowest BCUT2D eigenvalue weighted by molar-refractivity contribution is -0.134. The third-order valence-corrected chi connectivity index (χ3v) is 3.50. The molecule has 110 valence electrons. The Morgan fingerprint density at radius 1 is 1.29 bits per heavy atom. The summed E-state index contributed by atoms with van der Waals surface area (Å²) in [6.07, 6.45) is 4.89. The maximum atomic E-state index is 12.5. The van der Waals surface area contributed by atoms with E-state index in [-0.39, 0.29) is 17.9 Å². The second-order valence-electron chi connectivity index (χ2n) is 5.12. The zero-order chi connectivity index (χ0) is 15.2. The van der Waals surface area contributed by atoms with Gasteiger partial charge in [-0.15, -0.1) is 0 Å². The minimum atomic E-state index is -0.317. The lowest BCUT2D eigenvalue weighted by Gasteiger charge is -2.25. The molecule has 1 aromatic carbocycles. The first-order valence-corrected chi connectivity index (χ1v) is 6.90. The fourth-order valence-corrected chi connectivity index (χ4v) is 2.20. The van der Waals surface area contributed by atoms with Crippen molar-refractivity contribution < 1.29 is 4.79 Å². The fraction of sp³-hybridized carbons (Fsp3) is 0.312. The van der Waals surface area contributed by atoms with Gasteiger partial charge in [0, 0.05) is 25.5 Å². The highest BCUT2D eigenvalue weighted by Gasteiger charge is 2.25. The van der Waals surface area contributed by atoms with Crippen LogP contribution in [0.1, 0.15) is 24.2 Å². The van der Waals surface area contributed by atoms with Gasteiger partial charge in [0.25, 0.3) is 0 Å². The molecule has 0 saturated heterocycles. The molecular weight excluding hydrogens is 264 g/mol. The highest BCUT2D eigenvalue weighted by molar-refractivity contribution is 5.79. The predicted molar refractivity (Wildman–Crippen MR) is 81.0 cm³/mol. The van der Waals surface area contributed by atoms with Crippen LogP contribution in [0.15, 0.2) is 48.9 Å². The van der Waals surface area contributed by atoms with Gasteiger partial charge in [-0.05, 0) is 5.56 Å². The molecule has 2 unspecified atom stereocenters. The van der Waals surface area contributed by atoms with Gasteiger partial charge in [0.15, 0.2) is 0 Å². The average molecular weight is 284 g/mol. The number of rotatable bonds is 5. The summed E-state index contributed by atoms with van der Waals surface area (Å²) in [5, 5.41) is 0. The van der Waals surface area contributed by atoms with Crippen LogP contribution in [0.3, 0.4) is 0 Å². The SMILES string of the molecule is CC(C(=O)N(C)Cc1cnccn1)C(N)c1ccccc1. The summed E-state index contributed by atoms with van der Waals surface area (Å²) < 4.78 is 0. The van der Waals surface area contributed by atoms with E-state index in [0.29, 0.717) is 6.54 Å². The molecule has 1 aromatic heterocycles. The van der Waals surface area contributed by atoms with Crippen molar-refractivity contribution in [1.82, 2.24) is 14.9 Å². The third-order valence-electron chi connectivity index (χ3n) is 3.50. The molecule has 0 aliphatic rings. The first-order valence-electron chi connectivity index (χ1n) is 6.90. The maximum absolute atomic E-state index is 12.5. The van der Waals surface area contributed by atoms with Crippen molar-refractivity contribution in [3.63, 3.8) is 0 Å². The molecule has 0 aliphatic carbocycles. The van der Waals surface area contributed by atoms with Crippen LogP contribution in [0.2, 0.25) is 0 Å². The van der Waals surface area contributed by atoms with E-state index < -0.39 is 0 Å². The minimum absolute atomic E-state index is 0.00277. The van der Waals surface area contributed by atoms with Gasteiger partial charge in [0.2, 0.25) is 5.91 Å². The second-order valence-corrected chi connectivity index (χ2v) is 5.12. The van der Waals surface area contributed by atoms with Gasteiger partial charge in [-0.25, -0.2) is 0 Å². The van der Waals surface area contributed by atoms with Crippen LogP contribution in [0.5, 0.6) is 0 Å². The molecule has 2 rings (SSSR count). The Bertz CT molecular complexity index is 573. The van der Waals surface area contributed by atoms with E-state index in [1.807, 2.05) is 37.3 Å². The Kier molecular flexibility index (Phi) is 5.00. The van der Waals surface area contributed by atoms with Crippen molar-refractivity contribution in [3.8, 4) is 0 Å².